The van der Waals surface area contributed by atoms with E-state index in [0.29, 0.717) is 6.61 Å². The van der Waals surface area contributed by atoms with Crippen LogP contribution in [-0.4, -0.2) is 24.7 Å². The van der Waals surface area contributed by atoms with E-state index in [0.717, 1.165) is 53.6 Å². The van der Waals surface area contributed by atoms with Gasteiger partial charge in [-0.15, -0.1) is 0 Å². The second-order valence-corrected chi connectivity index (χ2v) is 6.27. The largest absolute Gasteiger partial charge is 0.493 e. The predicted octanol–water partition coefficient (Wildman–Crippen LogP) is 6.51. The first-order valence-corrected chi connectivity index (χ1v) is 10.5. The molecule has 0 fully saturated rings. The zero-order valence-electron chi connectivity index (χ0n) is 18.9. The first-order chi connectivity index (χ1) is 14.1. The standard InChI is InChI=1S/C12H13NO.C9H11NO.2C2H6/c1-8(2)12-11-9(3)14-7-5-10(11)4-6-13-12;1-7-2-3-9-8(6-7)10-4-5-11-9;2*1-2/h4,6H,1,3,5,7H2,2H3;2-3,6,10H,4-5H2,1H3;2*1-2H3. The number of fused-ring (bicyclic) bond motifs is 2. The Morgan fingerprint density at radius 1 is 1.07 bits per heavy atom. The van der Waals surface area contributed by atoms with E-state index in [-0.39, 0.29) is 0 Å². The van der Waals surface area contributed by atoms with Crippen LogP contribution in [0.2, 0.25) is 0 Å². The Labute approximate surface area is 176 Å². The van der Waals surface area contributed by atoms with Crippen LogP contribution >= 0.6 is 0 Å². The number of nitrogens with one attached hydrogen (secondary N) is 1. The average Bonchev–Trinajstić information content (AvgIpc) is 2.77. The van der Waals surface area contributed by atoms with Crippen LogP contribution in [-0.2, 0) is 11.2 Å². The summed E-state index contributed by atoms with van der Waals surface area (Å²) < 4.78 is 10.8. The van der Waals surface area contributed by atoms with E-state index in [1.807, 2.05) is 52.9 Å². The van der Waals surface area contributed by atoms with Crippen LogP contribution in [0.5, 0.6) is 5.75 Å². The van der Waals surface area contributed by atoms with Crippen molar-refractivity contribution in [1.82, 2.24) is 4.98 Å². The number of aryl methyl sites for hydroxylation is 1. The summed E-state index contributed by atoms with van der Waals surface area (Å²) in [7, 11) is 0. The minimum Gasteiger partial charge on any atom is -0.493 e. The van der Waals surface area contributed by atoms with Crippen molar-refractivity contribution in [3.8, 4) is 5.75 Å². The van der Waals surface area contributed by atoms with E-state index < -0.39 is 0 Å². The van der Waals surface area contributed by atoms with Crippen molar-refractivity contribution in [3.05, 3.63) is 66.0 Å². The molecule has 0 unspecified atom stereocenters. The topological polar surface area (TPSA) is 43.4 Å². The zero-order chi connectivity index (χ0) is 21.8. The van der Waals surface area contributed by atoms with Crippen molar-refractivity contribution in [1.29, 1.82) is 0 Å². The summed E-state index contributed by atoms with van der Waals surface area (Å²) >= 11 is 0. The van der Waals surface area contributed by atoms with Gasteiger partial charge in [-0.1, -0.05) is 46.9 Å². The summed E-state index contributed by atoms with van der Waals surface area (Å²) in [5.74, 6) is 1.69. The third-order valence-corrected chi connectivity index (χ3v) is 4.18. The zero-order valence-corrected chi connectivity index (χ0v) is 18.9. The van der Waals surface area contributed by atoms with E-state index in [9.17, 15) is 0 Å². The fraction of sp³-hybridized carbons (Fsp3) is 0.400. The first kappa shape index (κ1) is 24.3. The number of ether oxygens (including phenoxy) is 2. The Kier molecular flexibility index (Phi) is 10.6. The van der Waals surface area contributed by atoms with Crippen LogP contribution < -0.4 is 10.1 Å². The monoisotopic (exact) mass is 396 g/mol. The van der Waals surface area contributed by atoms with Gasteiger partial charge in [0.05, 0.1) is 18.0 Å². The van der Waals surface area contributed by atoms with Crippen molar-refractivity contribution >= 4 is 17.0 Å². The fourth-order valence-corrected chi connectivity index (χ4v) is 2.96. The van der Waals surface area contributed by atoms with Crippen molar-refractivity contribution in [2.24, 2.45) is 0 Å². The molecule has 4 heteroatoms. The molecule has 0 saturated carbocycles. The van der Waals surface area contributed by atoms with Gasteiger partial charge < -0.3 is 14.8 Å². The predicted molar refractivity (Wildman–Crippen MR) is 125 cm³/mol. The molecule has 29 heavy (non-hydrogen) atoms. The minimum absolute atomic E-state index is 0.714. The van der Waals surface area contributed by atoms with Crippen LogP contribution in [0.15, 0.2) is 43.6 Å². The number of rotatable bonds is 1. The molecular weight excluding hydrogens is 360 g/mol. The van der Waals surface area contributed by atoms with E-state index in [4.69, 9.17) is 9.47 Å². The highest BCUT2D eigenvalue weighted by molar-refractivity contribution is 5.75. The molecule has 2 aliphatic rings. The average molecular weight is 397 g/mol. The van der Waals surface area contributed by atoms with Crippen LogP contribution in [0.1, 0.15) is 57.0 Å². The third-order valence-electron chi connectivity index (χ3n) is 4.18. The number of nitrogens with zero attached hydrogens (tertiary/aromatic N) is 1. The van der Waals surface area contributed by atoms with Crippen LogP contribution in [0.4, 0.5) is 5.69 Å². The Morgan fingerprint density at radius 2 is 1.79 bits per heavy atom. The smallest absolute Gasteiger partial charge is 0.142 e. The van der Waals surface area contributed by atoms with Crippen LogP contribution in [0.3, 0.4) is 0 Å². The molecule has 0 bridgehead atoms. The van der Waals surface area contributed by atoms with Crippen molar-refractivity contribution in [2.75, 3.05) is 25.1 Å². The van der Waals surface area contributed by atoms with E-state index in [1.54, 1.807) is 0 Å². The van der Waals surface area contributed by atoms with E-state index >= 15 is 0 Å². The lowest BCUT2D eigenvalue weighted by molar-refractivity contribution is 0.271. The molecule has 0 atom stereocenters. The summed E-state index contributed by atoms with van der Waals surface area (Å²) in [6.45, 7) is 22.2. The van der Waals surface area contributed by atoms with Gasteiger partial charge in [-0.25, -0.2) is 0 Å². The minimum atomic E-state index is 0.714. The van der Waals surface area contributed by atoms with Gasteiger partial charge in [0.15, 0.2) is 0 Å². The number of benzene rings is 1. The maximum atomic E-state index is 5.42. The molecule has 0 radical (unpaired) electrons. The molecule has 1 N–H and O–H groups in total. The fourth-order valence-electron chi connectivity index (χ4n) is 2.96. The second kappa shape index (κ2) is 12.7. The van der Waals surface area contributed by atoms with Crippen molar-refractivity contribution < 1.29 is 9.47 Å². The first-order valence-electron chi connectivity index (χ1n) is 10.5. The molecule has 0 amide bonds. The summed E-state index contributed by atoms with van der Waals surface area (Å²) in [5, 5.41) is 3.28. The van der Waals surface area contributed by atoms with Gasteiger partial charge in [0.25, 0.3) is 0 Å². The molecule has 2 aliphatic heterocycles. The summed E-state index contributed by atoms with van der Waals surface area (Å²) in [6, 6.07) is 8.20. The Bertz CT molecular complexity index is 812. The molecule has 4 rings (SSSR count). The van der Waals surface area contributed by atoms with Gasteiger partial charge in [-0.05, 0) is 48.7 Å². The van der Waals surface area contributed by atoms with Crippen LogP contribution in [0.25, 0.3) is 11.3 Å². The molecule has 3 heterocycles. The Balaban J connectivity index is 0.000000252. The van der Waals surface area contributed by atoms with E-state index in [2.05, 4.69) is 42.5 Å². The van der Waals surface area contributed by atoms with Gasteiger partial charge in [0, 0.05) is 24.7 Å². The van der Waals surface area contributed by atoms with Gasteiger partial charge in [-0.3, -0.25) is 4.98 Å². The molecule has 1 aromatic heterocycles. The highest BCUT2D eigenvalue weighted by Crippen LogP contribution is 2.30. The number of anilines is 1. The van der Waals surface area contributed by atoms with Gasteiger partial charge >= 0.3 is 0 Å². The number of hydrogen-bond donors (Lipinski definition) is 1. The molecule has 0 spiro atoms. The molecule has 4 nitrogen and oxygen atoms in total. The lowest BCUT2D eigenvalue weighted by Gasteiger charge is -2.21. The van der Waals surface area contributed by atoms with Crippen LogP contribution in [0, 0.1) is 6.92 Å². The lowest BCUT2D eigenvalue weighted by Crippen LogP contribution is -2.17. The highest BCUT2D eigenvalue weighted by atomic mass is 16.5. The second-order valence-electron chi connectivity index (χ2n) is 6.27. The molecular formula is C25H36N2O2. The molecule has 2 aromatic rings. The SMILES string of the molecule is C=C(C)c1nccc2c1C(=C)OCC2.CC.CC.Cc1ccc2c(c1)NCCO2. The summed E-state index contributed by atoms with van der Waals surface area (Å²) in [5.41, 5.74) is 6.54. The lowest BCUT2D eigenvalue weighted by atomic mass is 9.98. The molecule has 0 saturated heterocycles. The maximum Gasteiger partial charge on any atom is 0.142 e. The van der Waals surface area contributed by atoms with Gasteiger partial charge in [0.2, 0.25) is 0 Å². The quantitative estimate of drug-likeness (QED) is 0.597. The number of aromatic nitrogens is 1. The highest BCUT2D eigenvalue weighted by Gasteiger charge is 2.18. The molecule has 1 aromatic carbocycles. The number of hydrogen-bond acceptors (Lipinski definition) is 4. The van der Waals surface area contributed by atoms with E-state index in [1.165, 1.54) is 11.1 Å². The molecule has 0 aliphatic carbocycles. The van der Waals surface area contributed by atoms with Gasteiger partial charge in [-0.2, -0.15) is 0 Å². The number of pyridine rings is 1. The van der Waals surface area contributed by atoms with Crippen molar-refractivity contribution in [3.63, 3.8) is 0 Å². The maximum absolute atomic E-state index is 5.42. The van der Waals surface area contributed by atoms with Gasteiger partial charge in [0.1, 0.15) is 18.1 Å². The molecule has 158 valence electrons. The van der Waals surface area contributed by atoms with Crippen molar-refractivity contribution in [2.45, 2.75) is 48.0 Å². The third kappa shape index (κ3) is 6.67. The number of allylic oxidation sites excluding steroid dienone is 1. The summed E-state index contributed by atoms with van der Waals surface area (Å²) in [4.78, 5) is 4.30. The summed E-state index contributed by atoms with van der Waals surface area (Å²) in [6.07, 6.45) is 2.75. The normalized spacial score (nSPS) is 13.0. The Morgan fingerprint density at radius 3 is 2.48 bits per heavy atom. The Hall–Kier alpha value is -2.75.